The number of aromatic nitrogens is 1. The molecule has 2 aromatic carbocycles. The van der Waals surface area contributed by atoms with Gasteiger partial charge in [-0.3, -0.25) is 9.59 Å². The predicted octanol–water partition coefficient (Wildman–Crippen LogP) is 3.97. The van der Waals surface area contributed by atoms with Gasteiger partial charge in [0, 0.05) is 17.4 Å². The van der Waals surface area contributed by atoms with Crippen LogP contribution in [-0.2, 0) is 4.79 Å². The number of aliphatic carboxylic acids is 1. The minimum Gasteiger partial charge on any atom is -0.504 e. The third-order valence-corrected chi connectivity index (χ3v) is 4.34. The summed E-state index contributed by atoms with van der Waals surface area (Å²) < 4.78 is 14.2. The molecule has 0 fully saturated rings. The number of benzene rings is 2. The standard InChI is InChI=1S/C21H15FN2O4/c1-11-2-5-16(22)14(8-11)12-3-4-13-15(10-23)21(28)20(24-17(13)9-12)18(25)6-7-19(26)27/h2-5,8-9,28H,6-7H2,1H3,(H,26,27). The molecular weight excluding hydrogens is 363 g/mol. The first-order valence-corrected chi connectivity index (χ1v) is 8.40. The number of nitriles is 1. The van der Waals surface area contributed by atoms with Crippen molar-refractivity contribution in [2.45, 2.75) is 19.8 Å². The molecule has 0 amide bonds. The molecule has 0 saturated heterocycles. The van der Waals surface area contributed by atoms with Crippen molar-refractivity contribution in [1.82, 2.24) is 4.98 Å². The lowest BCUT2D eigenvalue weighted by Crippen LogP contribution is -2.07. The molecule has 3 aromatic rings. The highest BCUT2D eigenvalue weighted by Gasteiger charge is 2.21. The van der Waals surface area contributed by atoms with Crippen molar-refractivity contribution in [3.63, 3.8) is 0 Å². The van der Waals surface area contributed by atoms with Crippen molar-refractivity contribution in [2.24, 2.45) is 0 Å². The van der Waals surface area contributed by atoms with Crippen LogP contribution in [0.4, 0.5) is 4.39 Å². The molecular formula is C21H15FN2O4. The van der Waals surface area contributed by atoms with E-state index in [2.05, 4.69) is 4.98 Å². The maximum Gasteiger partial charge on any atom is 0.303 e. The fourth-order valence-corrected chi connectivity index (χ4v) is 2.93. The number of carboxylic acid groups (broad SMARTS) is 1. The van der Waals surface area contributed by atoms with Crippen LogP contribution < -0.4 is 0 Å². The van der Waals surface area contributed by atoms with Crippen LogP contribution in [-0.4, -0.2) is 26.9 Å². The Hall–Kier alpha value is -3.79. The Kier molecular flexibility index (Phi) is 5.05. The summed E-state index contributed by atoms with van der Waals surface area (Å²) in [7, 11) is 0. The molecule has 6 nitrogen and oxygen atoms in total. The molecule has 1 heterocycles. The van der Waals surface area contributed by atoms with Gasteiger partial charge in [0.2, 0.25) is 0 Å². The van der Waals surface area contributed by atoms with Crippen LogP contribution in [0.1, 0.15) is 34.5 Å². The monoisotopic (exact) mass is 378 g/mol. The average Bonchev–Trinajstić information content (AvgIpc) is 2.67. The summed E-state index contributed by atoms with van der Waals surface area (Å²) in [6.45, 7) is 1.83. The van der Waals surface area contributed by atoms with E-state index >= 15 is 0 Å². The molecule has 2 N–H and O–H groups in total. The van der Waals surface area contributed by atoms with Crippen LogP contribution in [0.3, 0.4) is 0 Å². The van der Waals surface area contributed by atoms with E-state index in [9.17, 15) is 24.3 Å². The number of halogens is 1. The Bertz CT molecular complexity index is 1170. The van der Waals surface area contributed by atoms with E-state index in [1.165, 1.54) is 18.2 Å². The Balaban J connectivity index is 2.18. The van der Waals surface area contributed by atoms with Gasteiger partial charge in [-0.2, -0.15) is 5.26 Å². The van der Waals surface area contributed by atoms with Crippen molar-refractivity contribution in [2.75, 3.05) is 0 Å². The van der Waals surface area contributed by atoms with Crippen LogP contribution in [0.25, 0.3) is 22.0 Å². The van der Waals surface area contributed by atoms with Crippen molar-refractivity contribution >= 4 is 22.7 Å². The van der Waals surface area contributed by atoms with Crippen LogP contribution in [0.15, 0.2) is 36.4 Å². The molecule has 0 radical (unpaired) electrons. The van der Waals surface area contributed by atoms with Gasteiger partial charge in [-0.1, -0.05) is 23.8 Å². The normalized spacial score (nSPS) is 10.6. The van der Waals surface area contributed by atoms with Crippen molar-refractivity contribution in [1.29, 1.82) is 5.26 Å². The van der Waals surface area contributed by atoms with E-state index in [-0.39, 0.29) is 23.2 Å². The third kappa shape index (κ3) is 3.53. The summed E-state index contributed by atoms with van der Waals surface area (Å²) in [6, 6.07) is 11.2. The molecule has 0 unspecified atom stereocenters. The highest BCUT2D eigenvalue weighted by atomic mass is 19.1. The molecule has 0 aliphatic carbocycles. The van der Waals surface area contributed by atoms with Gasteiger partial charge in [0.05, 0.1) is 11.9 Å². The number of fused-ring (bicyclic) bond motifs is 1. The number of pyridine rings is 1. The van der Waals surface area contributed by atoms with Gasteiger partial charge in [-0.05, 0) is 30.7 Å². The molecule has 3 rings (SSSR count). The van der Waals surface area contributed by atoms with E-state index in [0.717, 1.165) is 5.56 Å². The second-order valence-electron chi connectivity index (χ2n) is 6.33. The molecule has 140 valence electrons. The Morgan fingerprint density at radius 2 is 1.93 bits per heavy atom. The van der Waals surface area contributed by atoms with Gasteiger partial charge in [0.25, 0.3) is 0 Å². The lowest BCUT2D eigenvalue weighted by Gasteiger charge is -2.10. The average molecular weight is 378 g/mol. The molecule has 0 aliphatic rings. The fourth-order valence-electron chi connectivity index (χ4n) is 2.93. The molecule has 0 atom stereocenters. The number of hydrogen-bond acceptors (Lipinski definition) is 5. The summed E-state index contributed by atoms with van der Waals surface area (Å²) in [6.07, 6.45) is -0.785. The molecule has 0 saturated carbocycles. The molecule has 0 aliphatic heterocycles. The SMILES string of the molecule is Cc1ccc(F)c(-c2ccc3c(C#N)c(O)c(C(=O)CCC(=O)O)nc3c2)c1. The lowest BCUT2D eigenvalue weighted by atomic mass is 9.98. The van der Waals surface area contributed by atoms with E-state index < -0.39 is 29.7 Å². The summed E-state index contributed by atoms with van der Waals surface area (Å²) in [5.41, 5.74) is 1.42. The minimum atomic E-state index is -1.16. The summed E-state index contributed by atoms with van der Waals surface area (Å²) in [5.74, 6) is -2.86. The van der Waals surface area contributed by atoms with E-state index in [1.807, 2.05) is 13.0 Å². The van der Waals surface area contributed by atoms with Crippen molar-refractivity contribution in [3.8, 4) is 22.9 Å². The van der Waals surface area contributed by atoms with Crippen LogP contribution in [0.2, 0.25) is 0 Å². The maximum absolute atomic E-state index is 14.2. The van der Waals surface area contributed by atoms with E-state index in [4.69, 9.17) is 5.11 Å². The number of nitrogens with zero attached hydrogens (tertiary/aromatic N) is 2. The molecule has 0 spiro atoms. The number of carbonyl (C=O) groups is 2. The van der Waals surface area contributed by atoms with Crippen molar-refractivity contribution < 1.29 is 24.2 Å². The second kappa shape index (κ2) is 7.45. The zero-order chi connectivity index (χ0) is 20.4. The van der Waals surface area contributed by atoms with Gasteiger partial charge in [0.1, 0.15) is 23.1 Å². The van der Waals surface area contributed by atoms with Crippen molar-refractivity contribution in [3.05, 3.63) is 59.0 Å². The van der Waals surface area contributed by atoms with Crippen LogP contribution >= 0.6 is 0 Å². The summed E-state index contributed by atoms with van der Waals surface area (Å²) >= 11 is 0. The number of hydrogen-bond donors (Lipinski definition) is 2. The number of carboxylic acids is 1. The molecule has 1 aromatic heterocycles. The smallest absolute Gasteiger partial charge is 0.303 e. The third-order valence-electron chi connectivity index (χ3n) is 4.34. The van der Waals surface area contributed by atoms with Gasteiger partial charge in [0.15, 0.2) is 11.5 Å². The lowest BCUT2D eigenvalue weighted by molar-refractivity contribution is -0.136. The summed E-state index contributed by atoms with van der Waals surface area (Å²) in [5, 5.41) is 28.7. The zero-order valence-electron chi connectivity index (χ0n) is 14.9. The van der Waals surface area contributed by atoms with Crippen LogP contribution in [0.5, 0.6) is 5.75 Å². The van der Waals surface area contributed by atoms with E-state index in [0.29, 0.717) is 16.5 Å². The topological polar surface area (TPSA) is 111 Å². The first kappa shape index (κ1) is 19.0. The summed E-state index contributed by atoms with van der Waals surface area (Å²) in [4.78, 5) is 27.1. The Labute approximate surface area is 159 Å². The number of aryl methyl sites for hydroxylation is 1. The molecule has 0 bridgehead atoms. The quantitative estimate of drug-likeness (QED) is 0.650. The van der Waals surface area contributed by atoms with Gasteiger partial charge < -0.3 is 10.2 Å². The minimum absolute atomic E-state index is 0.139. The Morgan fingerprint density at radius 3 is 2.61 bits per heavy atom. The zero-order valence-corrected chi connectivity index (χ0v) is 14.9. The largest absolute Gasteiger partial charge is 0.504 e. The number of ketones is 1. The second-order valence-corrected chi connectivity index (χ2v) is 6.33. The van der Waals surface area contributed by atoms with Crippen LogP contribution in [0, 0.1) is 24.1 Å². The first-order chi connectivity index (χ1) is 13.3. The van der Waals surface area contributed by atoms with Gasteiger partial charge in [-0.15, -0.1) is 0 Å². The number of rotatable bonds is 5. The predicted molar refractivity (Wildman–Crippen MR) is 99.5 cm³/mol. The van der Waals surface area contributed by atoms with Gasteiger partial charge >= 0.3 is 5.97 Å². The maximum atomic E-state index is 14.2. The number of Topliss-reactive ketones (excluding diaryl/α,β-unsaturated/α-hetero) is 1. The molecule has 28 heavy (non-hydrogen) atoms. The van der Waals surface area contributed by atoms with E-state index in [1.54, 1.807) is 18.2 Å². The molecule has 7 heteroatoms. The fraction of sp³-hybridized carbons (Fsp3) is 0.143. The first-order valence-electron chi connectivity index (χ1n) is 8.40. The highest BCUT2D eigenvalue weighted by Crippen LogP contribution is 2.33. The Morgan fingerprint density at radius 1 is 1.18 bits per heavy atom. The number of aromatic hydroxyl groups is 1. The highest BCUT2D eigenvalue weighted by molar-refractivity contribution is 6.02. The van der Waals surface area contributed by atoms with Gasteiger partial charge in [-0.25, -0.2) is 9.37 Å². The number of carbonyl (C=O) groups excluding carboxylic acids is 1.